The quantitative estimate of drug-likeness (QED) is 0.826. The number of piperazine rings is 1. The van der Waals surface area contributed by atoms with Crippen LogP contribution in [-0.4, -0.2) is 59.6 Å². The van der Waals surface area contributed by atoms with Gasteiger partial charge in [-0.1, -0.05) is 18.2 Å². The Morgan fingerprint density at radius 1 is 1.11 bits per heavy atom. The number of aryl methyl sites for hydroxylation is 2. The summed E-state index contributed by atoms with van der Waals surface area (Å²) in [6.07, 6.45) is -0.125. The van der Waals surface area contributed by atoms with Crippen molar-refractivity contribution < 1.29 is 18.7 Å². The molecule has 0 unspecified atom stereocenters. The Hall–Kier alpha value is -2.83. The monoisotopic (exact) mass is 371 g/mol. The zero-order chi connectivity index (χ0) is 19.4. The summed E-state index contributed by atoms with van der Waals surface area (Å²) in [6, 6.07) is 7.87. The summed E-state index contributed by atoms with van der Waals surface area (Å²) >= 11 is 0. The van der Waals surface area contributed by atoms with Crippen molar-refractivity contribution in [1.29, 1.82) is 0 Å². The van der Waals surface area contributed by atoms with Crippen LogP contribution in [0.4, 0.5) is 4.79 Å². The van der Waals surface area contributed by atoms with Gasteiger partial charge < -0.3 is 19.0 Å². The molecule has 3 rings (SSSR count). The molecule has 0 bridgehead atoms. The molecule has 144 valence electrons. The molecule has 1 aliphatic heterocycles. The summed E-state index contributed by atoms with van der Waals surface area (Å²) in [5.74, 6) is 1.19. The molecule has 7 heteroatoms. The number of ether oxygens (including phenoxy) is 1. The summed E-state index contributed by atoms with van der Waals surface area (Å²) in [6.45, 7) is 7.93. The first kappa shape index (κ1) is 18.9. The van der Waals surface area contributed by atoms with E-state index in [1.807, 2.05) is 38.1 Å². The van der Waals surface area contributed by atoms with Gasteiger partial charge in [0.2, 0.25) is 11.8 Å². The van der Waals surface area contributed by atoms with Gasteiger partial charge in [0.25, 0.3) is 0 Å². The van der Waals surface area contributed by atoms with Crippen molar-refractivity contribution in [2.45, 2.75) is 27.2 Å². The largest absolute Gasteiger partial charge is 0.450 e. The molecular weight excluding hydrogens is 346 g/mol. The fraction of sp³-hybridized carbons (Fsp3) is 0.450. The lowest BCUT2D eigenvalue weighted by molar-refractivity contribution is -0.132. The molecule has 2 aromatic rings. The maximum Gasteiger partial charge on any atom is 0.409 e. The molecule has 27 heavy (non-hydrogen) atoms. The highest BCUT2D eigenvalue weighted by molar-refractivity contribution is 5.79. The highest BCUT2D eigenvalue weighted by Crippen LogP contribution is 2.25. The summed E-state index contributed by atoms with van der Waals surface area (Å²) < 4.78 is 10.8. The topological polar surface area (TPSA) is 75.9 Å². The molecule has 0 radical (unpaired) electrons. The zero-order valence-corrected chi connectivity index (χ0v) is 16.0. The number of carbonyl (C=O) groups excluding carboxylic acids is 2. The normalized spacial score (nSPS) is 14.3. The van der Waals surface area contributed by atoms with Crippen LogP contribution in [0.3, 0.4) is 0 Å². The molecule has 1 aromatic heterocycles. The van der Waals surface area contributed by atoms with Crippen LogP contribution < -0.4 is 0 Å². The van der Waals surface area contributed by atoms with E-state index >= 15 is 0 Å². The molecule has 1 aliphatic rings. The Bertz CT molecular complexity index is 822. The summed E-state index contributed by atoms with van der Waals surface area (Å²) in [7, 11) is 0. The Morgan fingerprint density at radius 3 is 2.44 bits per heavy atom. The molecule has 2 heterocycles. The van der Waals surface area contributed by atoms with E-state index in [1.165, 1.54) is 0 Å². The molecule has 0 atom stereocenters. The third-order valence-corrected chi connectivity index (χ3v) is 4.75. The standard InChI is InChI=1S/C20H25N3O4/c1-4-26-20(25)23-11-9-22(10-12-23)18(24)13-17-15(3)27-19(21-17)16-8-6-5-7-14(16)2/h5-8H,4,9-13H2,1-3H3. The lowest BCUT2D eigenvalue weighted by Crippen LogP contribution is -2.51. The van der Waals surface area contributed by atoms with Crippen LogP contribution >= 0.6 is 0 Å². The number of benzene rings is 1. The molecule has 0 spiro atoms. The third kappa shape index (κ3) is 4.30. The Labute approximate surface area is 158 Å². The Kier molecular flexibility index (Phi) is 5.78. The molecule has 1 fully saturated rings. The van der Waals surface area contributed by atoms with Crippen LogP contribution in [0.2, 0.25) is 0 Å². The lowest BCUT2D eigenvalue weighted by atomic mass is 10.1. The molecule has 0 N–H and O–H groups in total. The van der Waals surface area contributed by atoms with Crippen molar-refractivity contribution in [3.05, 3.63) is 41.3 Å². The van der Waals surface area contributed by atoms with E-state index in [0.29, 0.717) is 50.1 Å². The van der Waals surface area contributed by atoms with Gasteiger partial charge in [-0.05, 0) is 32.4 Å². The van der Waals surface area contributed by atoms with Crippen molar-refractivity contribution in [3.8, 4) is 11.5 Å². The summed E-state index contributed by atoms with van der Waals surface area (Å²) in [5.41, 5.74) is 2.67. The van der Waals surface area contributed by atoms with Crippen molar-refractivity contribution in [1.82, 2.24) is 14.8 Å². The summed E-state index contributed by atoms with van der Waals surface area (Å²) in [5, 5.41) is 0. The second-order valence-electron chi connectivity index (χ2n) is 6.58. The van der Waals surface area contributed by atoms with Gasteiger partial charge in [-0.15, -0.1) is 0 Å². The first-order valence-corrected chi connectivity index (χ1v) is 9.21. The fourth-order valence-corrected chi connectivity index (χ4v) is 3.13. The Morgan fingerprint density at radius 2 is 1.78 bits per heavy atom. The minimum atomic E-state index is -0.320. The average molecular weight is 371 g/mol. The zero-order valence-electron chi connectivity index (χ0n) is 16.0. The van der Waals surface area contributed by atoms with Crippen LogP contribution in [-0.2, 0) is 16.0 Å². The Balaban J connectivity index is 1.62. The van der Waals surface area contributed by atoms with Crippen LogP contribution in [0.15, 0.2) is 28.7 Å². The van der Waals surface area contributed by atoms with Crippen molar-refractivity contribution >= 4 is 12.0 Å². The van der Waals surface area contributed by atoms with Gasteiger partial charge in [-0.25, -0.2) is 9.78 Å². The maximum atomic E-state index is 12.6. The lowest BCUT2D eigenvalue weighted by Gasteiger charge is -2.34. The van der Waals surface area contributed by atoms with E-state index in [9.17, 15) is 9.59 Å². The van der Waals surface area contributed by atoms with Crippen LogP contribution in [0, 0.1) is 13.8 Å². The van der Waals surface area contributed by atoms with Gasteiger partial charge in [0, 0.05) is 31.7 Å². The number of rotatable bonds is 4. The predicted octanol–water partition coefficient (Wildman–Crippen LogP) is 2.80. The first-order valence-electron chi connectivity index (χ1n) is 9.21. The van der Waals surface area contributed by atoms with Gasteiger partial charge >= 0.3 is 6.09 Å². The fourth-order valence-electron chi connectivity index (χ4n) is 3.13. The van der Waals surface area contributed by atoms with Crippen LogP contribution in [0.5, 0.6) is 0 Å². The number of hydrogen-bond acceptors (Lipinski definition) is 5. The van der Waals surface area contributed by atoms with E-state index < -0.39 is 0 Å². The maximum absolute atomic E-state index is 12.6. The SMILES string of the molecule is CCOC(=O)N1CCN(C(=O)Cc2nc(-c3ccccc3C)oc2C)CC1. The number of amides is 2. The third-order valence-electron chi connectivity index (χ3n) is 4.75. The van der Waals surface area contributed by atoms with E-state index in [4.69, 9.17) is 9.15 Å². The second kappa shape index (κ2) is 8.24. The number of carbonyl (C=O) groups is 2. The summed E-state index contributed by atoms with van der Waals surface area (Å²) in [4.78, 5) is 32.3. The van der Waals surface area contributed by atoms with Gasteiger partial charge in [-0.2, -0.15) is 0 Å². The number of hydrogen-bond donors (Lipinski definition) is 0. The highest BCUT2D eigenvalue weighted by atomic mass is 16.6. The second-order valence-corrected chi connectivity index (χ2v) is 6.58. The highest BCUT2D eigenvalue weighted by Gasteiger charge is 2.26. The van der Waals surface area contributed by atoms with Crippen LogP contribution in [0.1, 0.15) is 23.9 Å². The van der Waals surface area contributed by atoms with Crippen molar-refractivity contribution in [3.63, 3.8) is 0 Å². The number of oxazole rings is 1. The predicted molar refractivity (Wildman–Crippen MR) is 100 cm³/mol. The van der Waals surface area contributed by atoms with Crippen LogP contribution in [0.25, 0.3) is 11.5 Å². The molecule has 0 aliphatic carbocycles. The minimum Gasteiger partial charge on any atom is -0.450 e. The first-order chi connectivity index (χ1) is 13.0. The number of aromatic nitrogens is 1. The molecule has 0 saturated carbocycles. The number of nitrogens with zero attached hydrogens (tertiary/aromatic N) is 3. The molecule has 7 nitrogen and oxygen atoms in total. The van der Waals surface area contributed by atoms with Gasteiger partial charge in [0.1, 0.15) is 5.76 Å². The smallest absolute Gasteiger partial charge is 0.409 e. The minimum absolute atomic E-state index is 0.00811. The van der Waals surface area contributed by atoms with Gasteiger partial charge in [-0.3, -0.25) is 4.79 Å². The molecule has 2 amide bonds. The van der Waals surface area contributed by atoms with Gasteiger partial charge in [0.05, 0.1) is 18.7 Å². The van der Waals surface area contributed by atoms with Crippen molar-refractivity contribution in [2.75, 3.05) is 32.8 Å². The van der Waals surface area contributed by atoms with E-state index in [2.05, 4.69) is 4.98 Å². The van der Waals surface area contributed by atoms with E-state index in [-0.39, 0.29) is 18.4 Å². The van der Waals surface area contributed by atoms with E-state index in [1.54, 1.807) is 16.7 Å². The molecule has 1 saturated heterocycles. The van der Waals surface area contributed by atoms with E-state index in [0.717, 1.165) is 11.1 Å². The molecular formula is C20H25N3O4. The molecule has 1 aromatic carbocycles. The van der Waals surface area contributed by atoms with Gasteiger partial charge in [0.15, 0.2) is 0 Å². The average Bonchev–Trinajstić information content (AvgIpc) is 3.02. The van der Waals surface area contributed by atoms with Crippen molar-refractivity contribution in [2.24, 2.45) is 0 Å².